The Kier molecular flexibility index (Phi) is 7.22. The number of carbonyl (C=O) groups is 1. The van der Waals surface area contributed by atoms with Gasteiger partial charge in [0.1, 0.15) is 5.56 Å². The number of aryl methyl sites for hydroxylation is 1. The third-order valence-electron chi connectivity index (χ3n) is 4.57. The van der Waals surface area contributed by atoms with Gasteiger partial charge < -0.3 is 10.6 Å². The van der Waals surface area contributed by atoms with Crippen molar-refractivity contribution in [2.24, 2.45) is 5.41 Å². The molecule has 6 nitrogen and oxygen atoms in total. The van der Waals surface area contributed by atoms with Crippen LogP contribution in [0.4, 0.5) is 0 Å². The van der Waals surface area contributed by atoms with Crippen LogP contribution in [0, 0.1) is 5.41 Å². The summed E-state index contributed by atoms with van der Waals surface area (Å²) in [5.41, 5.74) is 1.48. The lowest BCUT2D eigenvalue weighted by molar-refractivity contribution is 0.0919. The van der Waals surface area contributed by atoms with E-state index in [1.54, 1.807) is 0 Å². The second kappa shape index (κ2) is 8.45. The number of hydrogen-bond donors (Lipinski definition) is 3. The second-order valence-corrected chi connectivity index (χ2v) is 6.30. The van der Waals surface area contributed by atoms with Gasteiger partial charge in [-0.05, 0) is 49.8 Å². The summed E-state index contributed by atoms with van der Waals surface area (Å²) in [6.45, 7) is 8.64. The summed E-state index contributed by atoms with van der Waals surface area (Å²) in [6, 6.07) is 0. The van der Waals surface area contributed by atoms with Gasteiger partial charge >= 0.3 is 0 Å². The molecular weight excluding hydrogens is 316 g/mol. The van der Waals surface area contributed by atoms with Crippen LogP contribution in [0.5, 0.6) is 0 Å². The molecule has 0 bridgehead atoms. The first-order valence-electron chi connectivity index (χ1n) is 8.10. The van der Waals surface area contributed by atoms with Gasteiger partial charge in [0.2, 0.25) is 0 Å². The van der Waals surface area contributed by atoms with Crippen LogP contribution in [0.3, 0.4) is 0 Å². The third kappa shape index (κ3) is 4.54. The molecule has 0 unspecified atom stereocenters. The Morgan fingerprint density at radius 1 is 1.26 bits per heavy atom. The fraction of sp³-hybridized carbons (Fsp3) is 0.688. The molecule has 2 heterocycles. The topological polar surface area (TPSA) is 86.9 Å². The van der Waals surface area contributed by atoms with Crippen LogP contribution >= 0.6 is 12.4 Å². The summed E-state index contributed by atoms with van der Waals surface area (Å²) in [4.78, 5) is 24.6. The normalized spacial score (nSPS) is 16.5. The van der Waals surface area contributed by atoms with Gasteiger partial charge in [0.05, 0.1) is 5.69 Å². The maximum atomic E-state index is 12.5. The van der Waals surface area contributed by atoms with Crippen LogP contribution in [0.25, 0.3) is 0 Å². The van der Waals surface area contributed by atoms with E-state index in [0.29, 0.717) is 19.4 Å². The summed E-state index contributed by atoms with van der Waals surface area (Å²) in [6.07, 6.45) is 3.38. The molecule has 0 aromatic carbocycles. The van der Waals surface area contributed by atoms with Gasteiger partial charge in [-0.1, -0.05) is 20.8 Å². The molecule has 0 aliphatic carbocycles. The quantitative estimate of drug-likeness (QED) is 0.755. The van der Waals surface area contributed by atoms with Crippen LogP contribution in [0.2, 0.25) is 0 Å². The lowest BCUT2D eigenvalue weighted by Gasteiger charge is -2.34. The molecule has 1 aliphatic rings. The van der Waals surface area contributed by atoms with E-state index in [1.807, 2.05) is 13.8 Å². The van der Waals surface area contributed by atoms with Crippen LogP contribution in [-0.4, -0.2) is 35.7 Å². The molecule has 0 atom stereocenters. The van der Waals surface area contributed by atoms with E-state index >= 15 is 0 Å². The smallest absolute Gasteiger partial charge is 0.277 e. The minimum Gasteiger partial charge on any atom is -0.351 e. The average molecular weight is 343 g/mol. The second-order valence-electron chi connectivity index (χ2n) is 6.30. The van der Waals surface area contributed by atoms with Gasteiger partial charge in [0.15, 0.2) is 0 Å². The summed E-state index contributed by atoms with van der Waals surface area (Å²) in [5.74, 6) is -0.282. The highest BCUT2D eigenvalue weighted by molar-refractivity contribution is 5.95. The van der Waals surface area contributed by atoms with E-state index in [9.17, 15) is 9.59 Å². The summed E-state index contributed by atoms with van der Waals surface area (Å²) in [7, 11) is 0. The molecule has 23 heavy (non-hydrogen) atoms. The fourth-order valence-electron chi connectivity index (χ4n) is 3.03. The highest BCUT2D eigenvalue weighted by atomic mass is 35.5. The molecule has 1 fully saturated rings. The molecule has 1 amide bonds. The molecule has 7 heteroatoms. The molecule has 3 N–H and O–H groups in total. The van der Waals surface area contributed by atoms with Gasteiger partial charge in [-0.15, -0.1) is 12.4 Å². The summed E-state index contributed by atoms with van der Waals surface area (Å²) < 4.78 is 0. The molecule has 1 aromatic rings. The standard InChI is InChI=1S/C16H26N4O2.ClH/c1-4-11-12(5-2)19-20-15(22)13(11)14(21)18-10-16(3)6-8-17-9-7-16;/h17H,4-10H2,1-3H3,(H,18,21)(H,20,22);1H. The van der Waals surface area contributed by atoms with Gasteiger partial charge in [-0.3, -0.25) is 9.59 Å². The first-order valence-corrected chi connectivity index (χ1v) is 8.10. The average Bonchev–Trinajstić information content (AvgIpc) is 2.53. The van der Waals surface area contributed by atoms with Gasteiger partial charge in [0, 0.05) is 6.54 Å². The zero-order valence-electron chi connectivity index (χ0n) is 14.1. The Bertz CT molecular complexity index is 594. The minimum atomic E-state index is -0.401. The van der Waals surface area contributed by atoms with Crippen molar-refractivity contribution in [3.63, 3.8) is 0 Å². The largest absolute Gasteiger partial charge is 0.351 e. The van der Waals surface area contributed by atoms with Crippen molar-refractivity contribution in [1.82, 2.24) is 20.8 Å². The van der Waals surface area contributed by atoms with Gasteiger partial charge in [-0.2, -0.15) is 5.10 Å². The number of piperidine rings is 1. The Labute approximate surface area is 143 Å². The Balaban J connectivity index is 0.00000264. The van der Waals surface area contributed by atoms with Crippen molar-refractivity contribution >= 4 is 18.3 Å². The predicted molar refractivity (Wildman–Crippen MR) is 93.4 cm³/mol. The number of amides is 1. The van der Waals surface area contributed by atoms with E-state index < -0.39 is 5.56 Å². The van der Waals surface area contributed by atoms with Crippen LogP contribution < -0.4 is 16.2 Å². The van der Waals surface area contributed by atoms with Crippen LogP contribution in [0.1, 0.15) is 55.2 Å². The Hall–Kier alpha value is -1.40. The lowest BCUT2D eigenvalue weighted by Crippen LogP contribution is -2.44. The molecule has 1 saturated heterocycles. The number of halogens is 1. The molecule has 0 saturated carbocycles. The molecule has 1 aromatic heterocycles. The third-order valence-corrected chi connectivity index (χ3v) is 4.57. The first-order chi connectivity index (χ1) is 10.5. The number of nitrogens with zero attached hydrogens (tertiary/aromatic N) is 1. The van der Waals surface area contributed by atoms with Crippen LogP contribution in [-0.2, 0) is 12.8 Å². The van der Waals surface area contributed by atoms with Crippen molar-refractivity contribution in [2.45, 2.75) is 46.5 Å². The molecule has 0 spiro atoms. The highest BCUT2D eigenvalue weighted by Crippen LogP contribution is 2.26. The lowest BCUT2D eigenvalue weighted by atomic mass is 9.81. The van der Waals surface area contributed by atoms with Crippen molar-refractivity contribution < 1.29 is 4.79 Å². The van der Waals surface area contributed by atoms with E-state index in [2.05, 4.69) is 27.8 Å². The molecule has 0 radical (unpaired) electrons. The van der Waals surface area contributed by atoms with E-state index in [0.717, 1.165) is 37.2 Å². The maximum Gasteiger partial charge on any atom is 0.277 e. The fourth-order valence-corrected chi connectivity index (χ4v) is 3.03. The Morgan fingerprint density at radius 2 is 1.91 bits per heavy atom. The number of carbonyl (C=O) groups excluding carboxylic acids is 1. The number of H-pyrrole nitrogens is 1. The van der Waals surface area contributed by atoms with Crippen LogP contribution in [0.15, 0.2) is 4.79 Å². The number of hydrogen-bond acceptors (Lipinski definition) is 4. The summed E-state index contributed by atoms with van der Waals surface area (Å²) in [5, 5.41) is 12.8. The Morgan fingerprint density at radius 3 is 2.48 bits per heavy atom. The van der Waals surface area contributed by atoms with Crippen molar-refractivity contribution in [2.75, 3.05) is 19.6 Å². The van der Waals surface area contributed by atoms with E-state index in [1.165, 1.54) is 0 Å². The minimum absolute atomic E-state index is 0. The number of aromatic nitrogens is 2. The molecule has 130 valence electrons. The molecule has 1 aliphatic heterocycles. The van der Waals surface area contributed by atoms with E-state index in [-0.39, 0.29) is 29.3 Å². The number of nitrogens with one attached hydrogen (secondary N) is 3. The first kappa shape index (κ1) is 19.6. The maximum absolute atomic E-state index is 12.5. The van der Waals surface area contributed by atoms with E-state index in [4.69, 9.17) is 0 Å². The van der Waals surface area contributed by atoms with Gasteiger partial charge in [-0.25, -0.2) is 5.10 Å². The van der Waals surface area contributed by atoms with Gasteiger partial charge in [0.25, 0.3) is 11.5 Å². The zero-order valence-corrected chi connectivity index (χ0v) is 14.9. The van der Waals surface area contributed by atoms with Crippen molar-refractivity contribution in [3.05, 3.63) is 27.2 Å². The highest BCUT2D eigenvalue weighted by Gasteiger charge is 2.28. The predicted octanol–water partition coefficient (Wildman–Crippen LogP) is 1.44. The summed E-state index contributed by atoms with van der Waals surface area (Å²) >= 11 is 0. The molecular formula is C16H27ClN4O2. The number of rotatable bonds is 5. The van der Waals surface area contributed by atoms with Crippen molar-refractivity contribution in [3.8, 4) is 0 Å². The monoisotopic (exact) mass is 342 g/mol. The SMILES string of the molecule is CCc1n[nH]c(=O)c(C(=O)NCC2(C)CCNCC2)c1CC.Cl. The molecule has 2 rings (SSSR count). The number of aromatic amines is 1. The zero-order chi connectivity index (χ0) is 16.2. The van der Waals surface area contributed by atoms with Crippen molar-refractivity contribution in [1.29, 1.82) is 0 Å².